The van der Waals surface area contributed by atoms with E-state index in [1.165, 1.54) is 6.42 Å². The van der Waals surface area contributed by atoms with Crippen molar-refractivity contribution in [1.82, 2.24) is 4.90 Å². The van der Waals surface area contributed by atoms with Crippen LogP contribution in [0, 0.1) is 0 Å². The first-order chi connectivity index (χ1) is 6.74. The number of hydrogen-bond acceptors (Lipinski definition) is 4. The van der Waals surface area contributed by atoms with Gasteiger partial charge < -0.3 is 9.64 Å². The molecule has 1 rings (SSSR count). The van der Waals surface area contributed by atoms with E-state index in [2.05, 4.69) is 11.9 Å². The number of likely N-dealkylation sites (N-methyl/N-ethyl adjacent to an activating group) is 1. The fraction of sp³-hybridized carbons (Fsp3) is 0.900. The summed E-state index contributed by atoms with van der Waals surface area (Å²) in [6.07, 6.45) is 4.92. The standard InChI is InChI=1S/C10H19NO2S/c1-11-6-3-4-9(11)8-13-10(12)5-7-14-2/h9H,3-8H2,1-2H3. The zero-order valence-corrected chi connectivity index (χ0v) is 9.81. The molecule has 3 nitrogen and oxygen atoms in total. The highest BCUT2D eigenvalue weighted by molar-refractivity contribution is 7.98. The summed E-state index contributed by atoms with van der Waals surface area (Å²) in [7, 11) is 2.09. The zero-order valence-electron chi connectivity index (χ0n) is 8.99. The van der Waals surface area contributed by atoms with E-state index in [0.717, 1.165) is 18.7 Å². The van der Waals surface area contributed by atoms with Gasteiger partial charge in [0.05, 0.1) is 6.42 Å². The maximum atomic E-state index is 11.2. The highest BCUT2D eigenvalue weighted by atomic mass is 32.2. The number of rotatable bonds is 5. The lowest BCUT2D eigenvalue weighted by Crippen LogP contribution is -2.30. The van der Waals surface area contributed by atoms with Gasteiger partial charge in [0.15, 0.2) is 0 Å². The van der Waals surface area contributed by atoms with E-state index in [-0.39, 0.29) is 5.97 Å². The Hall–Kier alpha value is -0.220. The van der Waals surface area contributed by atoms with Crippen molar-refractivity contribution in [2.75, 3.05) is 32.2 Å². The number of ether oxygens (including phenoxy) is 1. The lowest BCUT2D eigenvalue weighted by Gasteiger charge is -2.18. The number of thioether (sulfide) groups is 1. The molecule has 1 aliphatic rings. The Kier molecular flexibility index (Phi) is 5.33. The van der Waals surface area contributed by atoms with Gasteiger partial charge in [0.25, 0.3) is 0 Å². The van der Waals surface area contributed by atoms with Crippen molar-refractivity contribution in [1.29, 1.82) is 0 Å². The first-order valence-electron chi connectivity index (χ1n) is 5.09. The van der Waals surface area contributed by atoms with Gasteiger partial charge in [0.1, 0.15) is 6.61 Å². The Labute approximate surface area is 90.2 Å². The largest absolute Gasteiger partial charge is 0.464 e. The molecule has 0 aromatic rings. The molecule has 0 aromatic carbocycles. The average molecular weight is 217 g/mol. The SMILES string of the molecule is CSCCC(=O)OCC1CCCN1C. The molecule has 0 aromatic heterocycles. The lowest BCUT2D eigenvalue weighted by atomic mass is 10.2. The van der Waals surface area contributed by atoms with Crippen LogP contribution in [0.25, 0.3) is 0 Å². The third kappa shape index (κ3) is 3.88. The number of likely N-dealkylation sites (tertiary alicyclic amines) is 1. The van der Waals surface area contributed by atoms with Crippen molar-refractivity contribution in [3.05, 3.63) is 0 Å². The summed E-state index contributed by atoms with van der Waals surface area (Å²) >= 11 is 1.68. The minimum absolute atomic E-state index is 0.0559. The van der Waals surface area contributed by atoms with Gasteiger partial charge in [0, 0.05) is 11.8 Å². The smallest absolute Gasteiger partial charge is 0.306 e. The van der Waals surface area contributed by atoms with E-state index in [0.29, 0.717) is 19.1 Å². The van der Waals surface area contributed by atoms with Crippen LogP contribution in [0.1, 0.15) is 19.3 Å². The lowest BCUT2D eigenvalue weighted by molar-refractivity contribution is -0.144. The molecule has 1 unspecified atom stereocenters. The molecule has 0 radical (unpaired) electrons. The van der Waals surface area contributed by atoms with E-state index >= 15 is 0 Å². The molecular weight excluding hydrogens is 198 g/mol. The molecule has 1 fully saturated rings. The van der Waals surface area contributed by atoms with Gasteiger partial charge in [-0.2, -0.15) is 11.8 Å². The molecular formula is C10H19NO2S. The van der Waals surface area contributed by atoms with Gasteiger partial charge >= 0.3 is 5.97 Å². The molecule has 0 aliphatic carbocycles. The Morgan fingerprint density at radius 2 is 2.43 bits per heavy atom. The molecule has 0 bridgehead atoms. The summed E-state index contributed by atoms with van der Waals surface area (Å²) in [5.74, 6) is 0.805. The van der Waals surface area contributed by atoms with Gasteiger partial charge in [-0.05, 0) is 32.7 Å². The Morgan fingerprint density at radius 1 is 1.64 bits per heavy atom. The van der Waals surface area contributed by atoms with Gasteiger partial charge in [-0.25, -0.2) is 0 Å². The van der Waals surface area contributed by atoms with Gasteiger partial charge in [-0.3, -0.25) is 4.79 Å². The fourth-order valence-electron chi connectivity index (χ4n) is 1.64. The molecule has 1 atom stereocenters. The van der Waals surface area contributed by atoms with E-state index in [9.17, 15) is 4.79 Å². The zero-order chi connectivity index (χ0) is 10.4. The topological polar surface area (TPSA) is 29.5 Å². The van der Waals surface area contributed by atoms with Crippen molar-refractivity contribution in [2.24, 2.45) is 0 Å². The Bertz CT molecular complexity index is 187. The van der Waals surface area contributed by atoms with Crippen LogP contribution in [0.15, 0.2) is 0 Å². The normalized spacial score (nSPS) is 22.6. The molecule has 0 amide bonds. The molecule has 0 saturated carbocycles. The average Bonchev–Trinajstić information content (AvgIpc) is 2.58. The number of carbonyl (C=O) groups excluding carboxylic acids is 1. The second-order valence-electron chi connectivity index (χ2n) is 3.70. The third-order valence-corrected chi connectivity index (χ3v) is 3.23. The number of carbonyl (C=O) groups is 1. The van der Waals surface area contributed by atoms with E-state index in [1.807, 2.05) is 6.26 Å². The van der Waals surface area contributed by atoms with Crippen LogP contribution in [0.2, 0.25) is 0 Å². The summed E-state index contributed by atoms with van der Waals surface area (Å²) in [4.78, 5) is 13.5. The van der Waals surface area contributed by atoms with Crippen LogP contribution in [0.3, 0.4) is 0 Å². The van der Waals surface area contributed by atoms with E-state index in [4.69, 9.17) is 4.74 Å². The molecule has 1 heterocycles. The molecule has 14 heavy (non-hydrogen) atoms. The number of hydrogen-bond donors (Lipinski definition) is 0. The van der Waals surface area contributed by atoms with Crippen molar-refractivity contribution in [3.63, 3.8) is 0 Å². The summed E-state index contributed by atoms with van der Waals surface area (Å²) in [5.41, 5.74) is 0. The predicted molar refractivity (Wildman–Crippen MR) is 59.6 cm³/mol. The molecule has 0 N–H and O–H groups in total. The maximum absolute atomic E-state index is 11.2. The van der Waals surface area contributed by atoms with Crippen molar-refractivity contribution >= 4 is 17.7 Å². The van der Waals surface area contributed by atoms with Crippen LogP contribution in [-0.4, -0.2) is 49.1 Å². The van der Waals surface area contributed by atoms with Crippen LogP contribution >= 0.6 is 11.8 Å². The summed E-state index contributed by atoms with van der Waals surface area (Å²) in [5, 5.41) is 0. The van der Waals surface area contributed by atoms with Gasteiger partial charge in [-0.15, -0.1) is 0 Å². The third-order valence-electron chi connectivity index (χ3n) is 2.62. The van der Waals surface area contributed by atoms with Crippen molar-refractivity contribution in [2.45, 2.75) is 25.3 Å². The monoisotopic (exact) mass is 217 g/mol. The Morgan fingerprint density at radius 3 is 3.00 bits per heavy atom. The van der Waals surface area contributed by atoms with Gasteiger partial charge in [0.2, 0.25) is 0 Å². The van der Waals surface area contributed by atoms with Crippen LogP contribution in [0.4, 0.5) is 0 Å². The van der Waals surface area contributed by atoms with Crippen LogP contribution in [-0.2, 0) is 9.53 Å². The predicted octanol–water partition coefficient (Wildman–Crippen LogP) is 1.38. The second kappa shape index (κ2) is 6.30. The van der Waals surface area contributed by atoms with Crippen LogP contribution in [0.5, 0.6) is 0 Å². The molecule has 1 saturated heterocycles. The summed E-state index contributed by atoms with van der Waals surface area (Å²) in [6.45, 7) is 1.71. The fourth-order valence-corrected chi connectivity index (χ4v) is 2.01. The first kappa shape index (κ1) is 11.9. The maximum Gasteiger partial charge on any atom is 0.306 e. The highest BCUT2D eigenvalue weighted by Crippen LogP contribution is 2.14. The van der Waals surface area contributed by atoms with E-state index in [1.54, 1.807) is 11.8 Å². The molecule has 4 heteroatoms. The highest BCUT2D eigenvalue weighted by Gasteiger charge is 2.21. The minimum Gasteiger partial charge on any atom is -0.464 e. The second-order valence-corrected chi connectivity index (χ2v) is 4.69. The molecule has 82 valence electrons. The summed E-state index contributed by atoms with van der Waals surface area (Å²) in [6, 6.07) is 0.452. The van der Waals surface area contributed by atoms with E-state index < -0.39 is 0 Å². The van der Waals surface area contributed by atoms with Crippen LogP contribution < -0.4 is 0 Å². The van der Waals surface area contributed by atoms with Crippen molar-refractivity contribution in [3.8, 4) is 0 Å². The summed E-state index contributed by atoms with van der Waals surface area (Å²) < 4.78 is 5.20. The number of nitrogens with zero attached hydrogens (tertiary/aromatic N) is 1. The number of esters is 1. The molecule has 0 spiro atoms. The minimum atomic E-state index is -0.0559. The first-order valence-corrected chi connectivity index (χ1v) is 6.48. The molecule has 1 aliphatic heterocycles. The Balaban J connectivity index is 2.10. The van der Waals surface area contributed by atoms with Gasteiger partial charge in [-0.1, -0.05) is 0 Å². The van der Waals surface area contributed by atoms with Crippen molar-refractivity contribution < 1.29 is 9.53 Å². The quantitative estimate of drug-likeness (QED) is 0.651.